The predicted molar refractivity (Wildman–Crippen MR) is 62.3 cm³/mol. The number of ether oxygens (including phenoxy) is 1. The molecule has 1 saturated heterocycles. The second kappa shape index (κ2) is 5.29. The molecule has 6 heteroatoms. The van der Waals surface area contributed by atoms with Gasteiger partial charge >= 0.3 is 0 Å². The molecule has 1 amide bonds. The second-order valence-electron chi connectivity index (χ2n) is 4.16. The van der Waals surface area contributed by atoms with E-state index >= 15 is 0 Å². The maximum atomic E-state index is 11.8. The van der Waals surface area contributed by atoms with Crippen LogP contribution in [-0.2, 0) is 9.53 Å². The van der Waals surface area contributed by atoms with E-state index in [9.17, 15) is 4.79 Å². The van der Waals surface area contributed by atoms with E-state index in [0.717, 1.165) is 0 Å². The van der Waals surface area contributed by atoms with E-state index in [1.807, 2.05) is 16.9 Å². The Morgan fingerprint density at radius 1 is 1.59 bits per heavy atom. The van der Waals surface area contributed by atoms with Crippen LogP contribution < -0.4 is 5.73 Å². The maximum Gasteiger partial charge on any atom is 0.224 e. The summed E-state index contributed by atoms with van der Waals surface area (Å²) in [7, 11) is 1.66. The zero-order valence-electron chi connectivity index (χ0n) is 9.95. The number of carbonyl (C=O) groups excluding carboxylic acids is 1. The Bertz CT molecular complexity index is 366. The highest BCUT2D eigenvalue weighted by Crippen LogP contribution is 2.24. The molecule has 6 nitrogen and oxygen atoms in total. The molecule has 0 saturated carbocycles. The Hall–Kier alpha value is -1.40. The number of methoxy groups -OCH3 is 1. The van der Waals surface area contributed by atoms with Crippen molar-refractivity contribution < 1.29 is 9.53 Å². The van der Waals surface area contributed by atoms with Gasteiger partial charge in [0.15, 0.2) is 0 Å². The molecule has 0 unspecified atom stereocenters. The topological polar surface area (TPSA) is 73.4 Å². The minimum Gasteiger partial charge on any atom is -0.377 e. The van der Waals surface area contributed by atoms with E-state index in [1.54, 1.807) is 18.2 Å². The highest BCUT2D eigenvalue weighted by atomic mass is 16.5. The SMILES string of the molecule is CO[C@@H]1CN(C(=O)CCN)C[C@@H]1n1cccn1. The second-order valence-corrected chi connectivity index (χ2v) is 4.16. The standard InChI is InChI=1S/C11H18N4O2/c1-17-10-8-14(11(16)3-4-12)7-9(10)15-6-2-5-13-15/h2,5-6,9-10H,3-4,7-8,12H2,1H3/t9-,10+/m0/s1. The van der Waals surface area contributed by atoms with Crippen molar-refractivity contribution in [3.05, 3.63) is 18.5 Å². The van der Waals surface area contributed by atoms with Crippen molar-refractivity contribution in [2.24, 2.45) is 5.73 Å². The molecule has 0 radical (unpaired) electrons. The number of hydrogen-bond acceptors (Lipinski definition) is 4. The minimum absolute atomic E-state index is 0.00313. The average Bonchev–Trinajstić information content (AvgIpc) is 2.97. The van der Waals surface area contributed by atoms with Gasteiger partial charge in [0, 0.05) is 45.6 Å². The molecule has 1 fully saturated rings. The molecule has 1 aliphatic heterocycles. The van der Waals surface area contributed by atoms with Gasteiger partial charge in [0.05, 0.1) is 12.1 Å². The van der Waals surface area contributed by atoms with E-state index < -0.39 is 0 Å². The van der Waals surface area contributed by atoms with Crippen LogP contribution in [0.3, 0.4) is 0 Å². The van der Waals surface area contributed by atoms with E-state index in [-0.39, 0.29) is 18.1 Å². The smallest absolute Gasteiger partial charge is 0.224 e. The zero-order chi connectivity index (χ0) is 12.3. The van der Waals surface area contributed by atoms with Gasteiger partial charge in [0.25, 0.3) is 0 Å². The van der Waals surface area contributed by atoms with Crippen molar-refractivity contribution in [2.75, 3.05) is 26.7 Å². The summed E-state index contributed by atoms with van der Waals surface area (Å²) in [5, 5.41) is 4.21. The first kappa shape index (κ1) is 12.1. The molecule has 1 aromatic heterocycles. The van der Waals surface area contributed by atoms with Crippen LogP contribution in [0.5, 0.6) is 0 Å². The molecular formula is C11H18N4O2. The molecule has 0 aliphatic carbocycles. The summed E-state index contributed by atoms with van der Waals surface area (Å²) < 4.78 is 7.27. The van der Waals surface area contributed by atoms with Gasteiger partial charge in [-0.15, -0.1) is 0 Å². The summed E-state index contributed by atoms with van der Waals surface area (Å²) in [6, 6.07) is 1.97. The first-order valence-corrected chi connectivity index (χ1v) is 5.76. The Balaban J connectivity index is 2.06. The van der Waals surface area contributed by atoms with E-state index in [2.05, 4.69) is 5.10 Å². The molecule has 0 bridgehead atoms. The average molecular weight is 238 g/mol. The lowest BCUT2D eigenvalue weighted by atomic mass is 10.2. The highest BCUT2D eigenvalue weighted by Gasteiger charge is 2.36. The fourth-order valence-corrected chi connectivity index (χ4v) is 2.20. The normalized spacial score (nSPS) is 24.2. The van der Waals surface area contributed by atoms with Gasteiger partial charge in [0.2, 0.25) is 5.91 Å². The van der Waals surface area contributed by atoms with Crippen LogP contribution in [-0.4, -0.2) is 53.4 Å². The van der Waals surface area contributed by atoms with Crippen molar-refractivity contribution in [1.29, 1.82) is 0 Å². The van der Waals surface area contributed by atoms with Crippen molar-refractivity contribution in [2.45, 2.75) is 18.6 Å². The molecule has 94 valence electrons. The van der Waals surface area contributed by atoms with E-state index in [0.29, 0.717) is 26.1 Å². The van der Waals surface area contributed by atoms with Gasteiger partial charge in [-0.2, -0.15) is 5.10 Å². The van der Waals surface area contributed by atoms with Crippen molar-refractivity contribution in [3.63, 3.8) is 0 Å². The quantitative estimate of drug-likeness (QED) is 0.776. The minimum atomic E-state index is -0.00313. The van der Waals surface area contributed by atoms with Gasteiger partial charge in [0.1, 0.15) is 0 Å². The van der Waals surface area contributed by atoms with Crippen molar-refractivity contribution in [3.8, 4) is 0 Å². The molecule has 0 spiro atoms. The number of likely N-dealkylation sites (tertiary alicyclic amines) is 1. The van der Waals surface area contributed by atoms with E-state index in [1.165, 1.54) is 0 Å². The number of hydrogen-bond donors (Lipinski definition) is 1. The van der Waals surface area contributed by atoms with Gasteiger partial charge in [-0.25, -0.2) is 0 Å². The van der Waals surface area contributed by atoms with Crippen molar-refractivity contribution in [1.82, 2.24) is 14.7 Å². The van der Waals surface area contributed by atoms with Crippen LogP contribution in [0, 0.1) is 0 Å². The molecule has 0 aromatic carbocycles. The summed E-state index contributed by atoms with van der Waals surface area (Å²) in [5.74, 6) is 0.0872. The summed E-state index contributed by atoms with van der Waals surface area (Å²) in [6.07, 6.45) is 4.02. The van der Waals surface area contributed by atoms with Crippen molar-refractivity contribution >= 4 is 5.91 Å². The first-order valence-electron chi connectivity index (χ1n) is 5.76. The Kier molecular flexibility index (Phi) is 3.75. The van der Waals surface area contributed by atoms with E-state index in [4.69, 9.17) is 10.5 Å². The van der Waals surface area contributed by atoms with Crippen LogP contribution in [0.1, 0.15) is 12.5 Å². The maximum absolute atomic E-state index is 11.8. The Morgan fingerprint density at radius 3 is 3.00 bits per heavy atom. The van der Waals surface area contributed by atoms with Gasteiger partial charge in [-0.1, -0.05) is 0 Å². The summed E-state index contributed by atoms with van der Waals surface area (Å²) in [5.41, 5.74) is 5.40. The summed E-state index contributed by atoms with van der Waals surface area (Å²) in [6.45, 7) is 1.64. The van der Waals surface area contributed by atoms with Gasteiger partial charge in [-0.3, -0.25) is 9.48 Å². The first-order chi connectivity index (χ1) is 8.26. The third-order valence-electron chi connectivity index (χ3n) is 3.12. The van der Waals surface area contributed by atoms with Crippen LogP contribution in [0.25, 0.3) is 0 Å². The molecule has 2 heterocycles. The van der Waals surface area contributed by atoms with Crippen LogP contribution in [0.15, 0.2) is 18.5 Å². The highest BCUT2D eigenvalue weighted by molar-refractivity contribution is 5.76. The monoisotopic (exact) mass is 238 g/mol. The molecular weight excluding hydrogens is 220 g/mol. The third kappa shape index (κ3) is 2.48. The fraction of sp³-hybridized carbons (Fsp3) is 0.636. The lowest BCUT2D eigenvalue weighted by molar-refractivity contribution is -0.130. The number of nitrogens with two attached hydrogens (primary N) is 1. The Morgan fingerprint density at radius 2 is 2.41 bits per heavy atom. The largest absolute Gasteiger partial charge is 0.377 e. The molecule has 2 atom stereocenters. The predicted octanol–water partition coefficient (Wildman–Crippen LogP) is -0.370. The summed E-state index contributed by atoms with van der Waals surface area (Å²) in [4.78, 5) is 13.6. The van der Waals surface area contributed by atoms with Crippen LogP contribution in [0.2, 0.25) is 0 Å². The summed E-state index contributed by atoms with van der Waals surface area (Å²) >= 11 is 0. The molecule has 1 aromatic rings. The molecule has 1 aliphatic rings. The third-order valence-corrected chi connectivity index (χ3v) is 3.12. The lowest BCUT2D eigenvalue weighted by Crippen LogP contribution is -2.31. The van der Waals surface area contributed by atoms with Gasteiger partial charge in [-0.05, 0) is 6.07 Å². The van der Waals surface area contributed by atoms with Crippen LogP contribution in [0.4, 0.5) is 0 Å². The number of carbonyl (C=O) groups is 1. The molecule has 17 heavy (non-hydrogen) atoms. The lowest BCUT2D eigenvalue weighted by Gasteiger charge is -2.16. The zero-order valence-corrected chi connectivity index (χ0v) is 9.95. The van der Waals surface area contributed by atoms with Gasteiger partial charge < -0.3 is 15.4 Å². The number of nitrogens with zero attached hydrogens (tertiary/aromatic N) is 3. The molecule has 2 N–H and O–H groups in total. The number of amides is 1. The fourth-order valence-electron chi connectivity index (χ4n) is 2.20. The number of rotatable bonds is 4. The van der Waals surface area contributed by atoms with Crippen LogP contribution >= 0.6 is 0 Å². The molecule has 2 rings (SSSR count). The number of aromatic nitrogens is 2. The Labute approximate surface area is 100 Å².